The largest absolute Gasteiger partial charge is 0.345 e. The maximum Gasteiger partial charge on any atom is 0.0931 e. The van der Waals surface area contributed by atoms with Gasteiger partial charge in [-0.25, -0.2) is 4.98 Å². The van der Waals surface area contributed by atoms with Crippen molar-refractivity contribution in [2.24, 2.45) is 0 Å². The summed E-state index contributed by atoms with van der Waals surface area (Å²) < 4.78 is 0. The van der Waals surface area contributed by atoms with E-state index < -0.39 is 0 Å². The Morgan fingerprint density at radius 1 is 1.46 bits per heavy atom. The monoisotopic (exact) mass is 190 g/mol. The van der Waals surface area contributed by atoms with Crippen molar-refractivity contribution >= 4 is 22.6 Å². The lowest BCUT2D eigenvalue weighted by Gasteiger charge is -1.89. The zero-order valence-corrected chi connectivity index (χ0v) is 7.60. The number of alkyl halides is 1. The van der Waals surface area contributed by atoms with Gasteiger partial charge in [-0.3, -0.25) is 0 Å². The first-order valence-electron chi connectivity index (χ1n) is 3.88. The average molecular weight is 191 g/mol. The Bertz CT molecular complexity index is 476. The molecule has 2 nitrogen and oxygen atoms in total. The van der Waals surface area contributed by atoms with Crippen LogP contribution >= 0.6 is 11.6 Å². The SMILES string of the molecule is ClCC#Cc1ccc2nc[nH]c2c1. The van der Waals surface area contributed by atoms with Gasteiger partial charge in [-0.2, -0.15) is 0 Å². The lowest BCUT2D eigenvalue weighted by atomic mass is 10.2. The van der Waals surface area contributed by atoms with Gasteiger partial charge in [-0.1, -0.05) is 11.8 Å². The molecule has 0 saturated carbocycles. The number of hydrogen-bond acceptors (Lipinski definition) is 1. The van der Waals surface area contributed by atoms with Crippen molar-refractivity contribution < 1.29 is 0 Å². The maximum atomic E-state index is 5.45. The summed E-state index contributed by atoms with van der Waals surface area (Å²) in [6.07, 6.45) is 1.67. The van der Waals surface area contributed by atoms with E-state index in [-0.39, 0.29) is 0 Å². The van der Waals surface area contributed by atoms with Gasteiger partial charge in [0.25, 0.3) is 0 Å². The number of nitrogens with one attached hydrogen (secondary N) is 1. The second-order valence-corrected chi connectivity index (χ2v) is 2.84. The molecule has 0 atom stereocenters. The van der Waals surface area contributed by atoms with Crippen LogP contribution in [0.1, 0.15) is 5.56 Å². The third-order valence-corrected chi connectivity index (χ3v) is 1.85. The molecule has 1 N–H and O–H groups in total. The summed E-state index contributed by atoms with van der Waals surface area (Å²) in [6, 6.07) is 5.83. The molecule has 13 heavy (non-hydrogen) atoms. The Labute approximate surface area is 80.9 Å². The number of hydrogen-bond donors (Lipinski definition) is 1. The van der Waals surface area contributed by atoms with E-state index in [4.69, 9.17) is 11.6 Å². The lowest BCUT2D eigenvalue weighted by Crippen LogP contribution is -1.75. The Kier molecular flexibility index (Phi) is 2.20. The first kappa shape index (κ1) is 8.15. The first-order valence-corrected chi connectivity index (χ1v) is 4.41. The van der Waals surface area contributed by atoms with Crippen LogP contribution < -0.4 is 0 Å². The zero-order valence-electron chi connectivity index (χ0n) is 6.84. The van der Waals surface area contributed by atoms with Gasteiger partial charge < -0.3 is 4.98 Å². The second kappa shape index (κ2) is 3.51. The van der Waals surface area contributed by atoms with Crippen molar-refractivity contribution in [3.05, 3.63) is 30.1 Å². The highest BCUT2D eigenvalue weighted by Crippen LogP contribution is 2.10. The molecule has 2 rings (SSSR count). The number of halogens is 1. The number of fused-ring (bicyclic) bond motifs is 1. The van der Waals surface area contributed by atoms with Crippen LogP contribution in [-0.2, 0) is 0 Å². The molecule has 2 aromatic rings. The molecule has 0 radical (unpaired) electrons. The quantitative estimate of drug-likeness (QED) is 0.501. The molecule has 3 heteroatoms. The third kappa shape index (κ3) is 1.66. The topological polar surface area (TPSA) is 28.7 Å². The predicted octanol–water partition coefficient (Wildman–Crippen LogP) is 2.15. The van der Waals surface area contributed by atoms with Crippen molar-refractivity contribution in [1.82, 2.24) is 9.97 Å². The van der Waals surface area contributed by atoms with Crippen LogP contribution in [-0.4, -0.2) is 15.8 Å². The number of rotatable bonds is 0. The number of aromatic amines is 1. The van der Waals surface area contributed by atoms with Crippen LogP contribution in [0.15, 0.2) is 24.5 Å². The number of benzene rings is 1. The fraction of sp³-hybridized carbons (Fsp3) is 0.100. The van der Waals surface area contributed by atoms with Gasteiger partial charge in [-0.15, -0.1) is 11.6 Å². The minimum absolute atomic E-state index is 0.362. The molecule has 0 saturated heterocycles. The molecular weight excluding hydrogens is 184 g/mol. The molecule has 0 amide bonds. The van der Waals surface area contributed by atoms with Crippen molar-refractivity contribution in [1.29, 1.82) is 0 Å². The minimum atomic E-state index is 0.362. The summed E-state index contributed by atoms with van der Waals surface area (Å²) in [5.41, 5.74) is 2.91. The molecule has 1 aromatic heterocycles. The van der Waals surface area contributed by atoms with Gasteiger partial charge in [0.1, 0.15) is 0 Å². The van der Waals surface area contributed by atoms with Crippen molar-refractivity contribution in [2.45, 2.75) is 0 Å². The Morgan fingerprint density at radius 3 is 3.23 bits per heavy atom. The molecule has 0 aliphatic carbocycles. The summed E-state index contributed by atoms with van der Waals surface area (Å²) in [4.78, 5) is 7.13. The normalized spacial score (nSPS) is 9.62. The van der Waals surface area contributed by atoms with Crippen LogP contribution in [0.5, 0.6) is 0 Å². The molecular formula is C10H7ClN2. The predicted molar refractivity (Wildman–Crippen MR) is 53.7 cm³/mol. The Hall–Kier alpha value is -1.46. The average Bonchev–Trinajstić information content (AvgIpc) is 2.61. The molecule has 64 valence electrons. The minimum Gasteiger partial charge on any atom is -0.345 e. The number of nitrogens with zero attached hydrogens (tertiary/aromatic N) is 1. The van der Waals surface area contributed by atoms with Crippen molar-refractivity contribution in [3.8, 4) is 11.8 Å². The van der Waals surface area contributed by atoms with Crippen LogP contribution in [0.3, 0.4) is 0 Å². The standard InChI is InChI=1S/C10H7ClN2/c11-5-1-2-8-3-4-9-10(6-8)13-7-12-9/h3-4,6-7H,5H2,(H,12,13). The van der Waals surface area contributed by atoms with Crippen molar-refractivity contribution in [2.75, 3.05) is 5.88 Å². The summed E-state index contributed by atoms with van der Waals surface area (Å²) in [5, 5.41) is 0. The molecule has 0 unspecified atom stereocenters. The van der Waals surface area contributed by atoms with Crippen LogP contribution in [0, 0.1) is 11.8 Å². The molecule has 0 aliphatic rings. The van der Waals surface area contributed by atoms with E-state index in [9.17, 15) is 0 Å². The second-order valence-electron chi connectivity index (χ2n) is 2.57. The molecule has 0 bridgehead atoms. The maximum absolute atomic E-state index is 5.45. The number of H-pyrrole nitrogens is 1. The summed E-state index contributed by atoms with van der Waals surface area (Å²) in [6.45, 7) is 0. The van der Waals surface area contributed by atoms with Gasteiger partial charge in [0.15, 0.2) is 0 Å². The van der Waals surface area contributed by atoms with E-state index in [1.807, 2.05) is 18.2 Å². The van der Waals surface area contributed by atoms with Crippen LogP contribution in [0.4, 0.5) is 0 Å². The molecule has 1 heterocycles. The van der Waals surface area contributed by atoms with E-state index >= 15 is 0 Å². The van der Waals surface area contributed by atoms with E-state index in [2.05, 4.69) is 21.8 Å². The lowest BCUT2D eigenvalue weighted by molar-refractivity contribution is 1.34. The fourth-order valence-corrected chi connectivity index (χ4v) is 1.22. The van der Waals surface area contributed by atoms with Gasteiger partial charge >= 0.3 is 0 Å². The highest BCUT2D eigenvalue weighted by atomic mass is 35.5. The third-order valence-electron chi connectivity index (χ3n) is 1.72. The van der Waals surface area contributed by atoms with E-state index in [1.54, 1.807) is 6.33 Å². The van der Waals surface area contributed by atoms with Gasteiger partial charge in [0.05, 0.1) is 23.2 Å². The molecule has 0 spiro atoms. The van der Waals surface area contributed by atoms with Crippen molar-refractivity contribution in [3.63, 3.8) is 0 Å². The fourth-order valence-electron chi connectivity index (χ4n) is 1.15. The Balaban J connectivity index is 2.48. The summed E-state index contributed by atoms with van der Waals surface area (Å²) >= 11 is 5.45. The van der Waals surface area contributed by atoms with Gasteiger partial charge in [0, 0.05) is 5.56 Å². The van der Waals surface area contributed by atoms with Crippen LogP contribution in [0.25, 0.3) is 11.0 Å². The van der Waals surface area contributed by atoms with Gasteiger partial charge in [0.2, 0.25) is 0 Å². The van der Waals surface area contributed by atoms with Gasteiger partial charge in [-0.05, 0) is 18.2 Å². The highest BCUT2D eigenvalue weighted by molar-refractivity contribution is 6.19. The highest BCUT2D eigenvalue weighted by Gasteiger charge is 1.94. The molecule has 0 fully saturated rings. The number of aromatic nitrogens is 2. The summed E-state index contributed by atoms with van der Waals surface area (Å²) in [7, 11) is 0. The number of imidazole rings is 1. The van der Waals surface area contributed by atoms with Crippen LogP contribution in [0.2, 0.25) is 0 Å². The first-order chi connectivity index (χ1) is 6.40. The Morgan fingerprint density at radius 2 is 2.38 bits per heavy atom. The van der Waals surface area contributed by atoms with E-state index in [1.165, 1.54) is 0 Å². The molecule has 0 aliphatic heterocycles. The smallest absolute Gasteiger partial charge is 0.0931 e. The molecule has 1 aromatic carbocycles. The van der Waals surface area contributed by atoms with E-state index in [0.29, 0.717) is 5.88 Å². The van der Waals surface area contributed by atoms with E-state index in [0.717, 1.165) is 16.6 Å². The summed E-state index contributed by atoms with van der Waals surface area (Å²) in [5.74, 6) is 6.11. The zero-order chi connectivity index (χ0) is 9.10.